The molecule has 2 N–H and O–H groups in total. The number of hydrogen-bond acceptors (Lipinski definition) is 5. The Bertz CT molecular complexity index is 1430. The number of ether oxygens (including phenoxy) is 2. The van der Waals surface area contributed by atoms with E-state index in [-0.39, 0.29) is 5.91 Å². The number of likely N-dealkylation sites (tertiary alicyclic amines) is 1. The second-order valence-corrected chi connectivity index (χ2v) is 9.77. The maximum absolute atomic E-state index is 12.6. The smallest absolute Gasteiger partial charge is 0.244 e. The van der Waals surface area contributed by atoms with E-state index < -0.39 is 0 Å². The van der Waals surface area contributed by atoms with E-state index in [1.807, 2.05) is 42.7 Å². The minimum absolute atomic E-state index is 0.179. The molecule has 0 radical (unpaired) electrons. The lowest BCUT2D eigenvalue weighted by atomic mass is 9.88. The van der Waals surface area contributed by atoms with E-state index in [9.17, 15) is 4.79 Å². The molecular weight excluding hydrogens is 476 g/mol. The monoisotopic (exact) mass is 510 g/mol. The van der Waals surface area contributed by atoms with Crippen molar-refractivity contribution in [1.82, 2.24) is 20.2 Å². The van der Waals surface area contributed by atoms with Crippen molar-refractivity contribution in [2.75, 3.05) is 34.4 Å². The van der Waals surface area contributed by atoms with Crippen LogP contribution in [0.15, 0.2) is 67.0 Å². The van der Waals surface area contributed by atoms with Crippen molar-refractivity contribution >= 4 is 23.0 Å². The van der Waals surface area contributed by atoms with Crippen LogP contribution in [-0.2, 0) is 11.3 Å². The number of H-pyrrole nitrogens is 1. The van der Waals surface area contributed by atoms with E-state index in [0.29, 0.717) is 24.0 Å². The first-order valence-corrected chi connectivity index (χ1v) is 13.0. The molecule has 1 fully saturated rings. The number of aromatic amines is 1. The molecule has 2 aromatic heterocycles. The van der Waals surface area contributed by atoms with Gasteiger partial charge < -0.3 is 24.7 Å². The zero-order chi connectivity index (χ0) is 26.5. The first-order chi connectivity index (χ1) is 18.6. The van der Waals surface area contributed by atoms with Crippen LogP contribution in [0.25, 0.3) is 28.2 Å². The fourth-order valence-corrected chi connectivity index (χ4v) is 5.13. The second-order valence-electron chi connectivity index (χ2n) is 9.77. The van der Waals surface area contributed by atoms with Crippen molar-refractivity contribution in [3.05, 3.63) is 83.7 Å². The minimum Gasteiger partial charge on any atom is -0.493 e. The molecule has 38 heavy (non-hydrogen) atoms. The summed E-state index contributed by atoms with van der Waals surface area (Å²) in [5.74, 6) is 1.73. The lowest BCUT2D eigenvalue weighted by Crippen LogP contribution is -2.29. The molecule has 0 unspecified atom stereocenters. The fourth-order valence-electron chi connectivity index (χ4n) is 5.13. The van der Waals surface area contributed by atoms with Crippen molar-refractivity contribution in [1.29, 1.82) is 0 Å². The highest BCUT2D eigenvalue weighted by molar-refractivity contribution is 6.01. The topological polar surface area (TPSA) is 79.5 Å². The molecule has 0 bridgehead atoms. The number of hydrogen-bond donors (Lipinski definition) is 2. The summed E-state index contributed by atoms with van der Waals surface area (Å²) in [6, 6.07) is 16.6. The summed E-state index contributed by atoms with van der Waals surface area (Å²) in [5.41, 5.74) is 6.29. The Kier molecular flexibility index (Phi) is 7.75. The highest BCUT2D eigenvalue weighted by Gasteiger charge is 2.18. The molecule has 0 spiro atoms. The van der Waals surface area contributed by atoms with Gasteiger partial charge in [-0.05, 0) is 85.4 Å². The lowest BCUT2D eigenvalue weighted by molar-refractivity contribution is -0.116. The largest absolute Gasteiger partial charge is 0.493 e. The van der Waals surface area contributed by atoms with E-state index >= 15 is 0 Å². The van der Waals surface area contributed by atoms with Gasteiger partial charge in [0.05, 0.1) is 14.2 Å². The number of amides is 1. The first-order valence-electron chi connectivity index (χ1n) is 13.0. The maximum Gasteiger partial charge on any atom is 0.244 e. The summed E-state index contributed by atoms with van der Waals surface area (Å²) in [5, 5.41) is 3.94. The van der Waals surface area contributed by atoms with Crippen LogP contribution in [0, 0.1) is 0 Å². The van der Waals surface area contributed by atoms with Gasteiger partial charge in [-0.15, -0.1) is 0 Å². The zero-order valence-electron chi connectivity index (χ0n) is 22.2. The van der Waals surface area contributed by atoms with Gasteiger partial charge in [0.2, 0.25) is 5.91 Å². The van der Waals surface area contributed by atoms with Crippen LogP contribution in [0.1, 0.15) is 35.4 Å². The summed E-state index contributed by atoms with van der Waals surface area (Å²) in [4.78, 5) is 22.8. The average molecular weight is 511 g/mol. The Morgan fingerprint density at radius 2 is 1.84 bits per heavy atom. The molecule has 0 atom stereocenters. The summed E-state index contributed by atoms with van der Waals surface area (Å²) < 4.78 is 10.6. The Morgan fingerprint density at radius 1 is 1.08 bits per heavy atom. The molecule has 1 saturated heterocycles. The normalized spacial score (nSPS) is 14.7. The maximum atomic E-state index is 12.6. The van der Waals surface area contributed by atoms with Gasteiger partial charge in [-0.1, -0.05) is 30.3 Å². The number of pyridine rings is 1. The SMILES string of the molecule is COc1ccc(CNC(=O)/C=C/c2c[nH]c3nccc(-c4ccc(C5CCN(C)CC5)cc4)c23)cc1OC. The Labute approximate surface area is 223 Å². The lowest BCUT2D eigenvalue weighted by Gasteiger charge is -2.29. The van der Waals surface area contributed by atoms with Gasteiger partial charge in [0.15, 0.2) is 11.5 Å². The minimum atomic E-state index is -0.179. The molecule has 5 rings (SSSR count). The number of nitrogens with zero attached hydrogens (tertiary/aromatic N) is 2. The van der Waals surface area contributed by atoms with E-state index in [4.69, 9.17) is 9.47 Å². The van der Waals surface area contributed by atoms with Crippen molar-refractivity contribution in [2.24, 2.45) is 0 Å². The molecule has 196 valence electrons. The third-order valence-corrected chi connectivity index (χ3v) is 7.34. The molecule has 0 aliphatic carbocycles. The predicted octanol–water partition coefficient (Wildman–Crippen LogP) is 5.39. The van der Waals surface area contributed by atoms with Crippen molar-refractivity contribution in [3.8, 4) is 22.6 Å². The van der Waals surface area contributed by atoms with Gasteiger partial charge in [0.1, 0.15) is 5.65 Å². The Balaban J connectivity index is 1.30. The highest BCUT2D eigenvalue weighted by Crippen LogP contribution is 2.33. The fraction of sp³-hybridized carbons (Fsp3) is 0.290. The molecule has 2 aromatic carbocycles. The summed E-state index contributed by atoms with van der Waals surface area (Å²) >= 11 is 0. The van der Waals surface area contributed by atoms with E-state index in [1.165, 1.54) is 18.4 Å². The number of carbonyl (C=O) groups excluding carboxylic acids is 1. The summed E-state index contributed by atoms with van der Waals surface area (Å²) in [7, 11) is 5.39. The number of methoxy groups -OCH3 is 2. The van der Waals surface area contributed by atoms with Crippen molar-refractivity contribution in [2.45, 2.75) is 25.3 Å². The molecule has 7 nitrogen and oxygen atoms in total. The molecule has 0 saturated carbocycles. The van der Waals surface area contributed by atoms with Crippen LogP contribution in [0.5, 0.6) is 11.5 Å². The summed E-state index contributed by atoms with van der Waals surface area (Å²) in [6.07, 6.45) is 9.52. The standard InChI is InChI=1S/C31H34N4O3/c1-35-16-13-23(14-17-35)22-5-7-24(8-6-22)26-12-15-32-31-30(26)25(20-34-31)9-11-29(36)33-19-21-4-10-27(37-2)28(18-21)38-3/h4-12,15,18,20,23H,13-14,16-17,19H2,1-3H3,(H,32,34)(H,33,36)/b11-9+. The zero-order valence-corrected chi connectivity index (χ0v) is 22.2. The molecule has 4 aromatic rings. The third-order valence-electron chi connectivity index (χ3n) is 7.34. The Morgan fingerprint density at radius 3 is 2.58 bits per heavy atom. The number of fused-ring (bicyclic) bond motifs is 1. The molecule has 1 aliphatic rings. The molecule has 3 heterocycles. The van der Waals surface area contributed by atoms with Gasteiger partial charge in [0.25, 0.3) is 0 Å². The summed E-state index contributed by atoms with van der Waals surface area (Å²) in [6.45, 7) is 2.68. The van der Waals surface area contributed by atoms with Crippen LogP contribution in [-0.4, -0.2) is 55.1 Å². The molecular formula is C31H34N4O3. The van der Waals surface area contributed by atoms with E-state index in [0.717, 1.165) is 46.4 Å². The first kappa shape index (κ1) is 25.5. The van der Waals surface area contributed by atoms with Gasteiger partial charge in [-0.3, -0.25) is 4.79 Å². The van der Waals surface area contributed by atoms with Crippen LogP contribution in [0.3, 0.4) is 0 Å². The van der Waals surface area contributed by atoms with E-state index in [2.05, 4.69) is 51.5 Å². The van der Waals surface area contributed by atoms with Crippen molar-refractivity contribution in [3.63, 3.8) is 0 Å². The van der Waals surface area contributed by atoms with Gasteiger partial charge in [0, 0.05) is 36.0 Å². The predicted molar refractivity (Wildman–Crippen MR) is 151 cm³/mol. The number of carbonyl (C=O) groups is 1. The quantitative estimate of drug-likeness (QED) is 0.311. The Hall–Kier alpha value is -4.10. The van der Waals surface area contributed by atoms with Gasteiger partial charge in [-0.25, -0.2) is 4.98 Å². The average Bonchev–Trinajstić information content (AvgIpc) is 3.38. The number of rotatable bonds is 8. The van der Waals surface area contributed by atoms with Crippen LogP contribution in [0.4, 0.5) is 0 Å². The molecule has 1 amide bonds. The van der Waals surface area contributed by atoms with E-state index in [1.54, 1.807) is 20.3 Å². The van der Waals surface area contributed by atoms with Crippen LogP contribution in [0.2, 0.25) is 0 Å². The van der Waals surface area contributed by atoms with Gasteiger partial charge in [-0.2, -0.15) is 0 Å². The number of nitrogens with one attached hydrogen (secondary N) is 2. The van der Waals surface area contributed by atoms with Crippen LogP contribution >= 0.6 is 0 Å². The number of benzene rings is 2. The molecule has 1 aliphatic heterocycles. The van der Waals surface area contributed by atoms with Crippen LogP contribution < -0.4 is 14.8 Å². The van der Waals surface area contributed by atoms with Gasteiger partial charge >= 0.3 is 0 Å². The number of aromatic nitrogens is 2. The number of piperidine rings is 1. The molecule has 7 heteroatoms. The highest BCUT2D eigenvalue weighted by atomic mass is 16.5. The second kappa shape index (κ2) is 11.5. The third kappa shape index (κ3) is 5.58. The van der Waals surface area contributed by atoms with Crippen molar-refractivity contribution < 1.29 is 14.3 Å².